The van der Waals surface area contributed by atoms with E-state index in [-0.39, 0.29) is 18.7 Å². The zero-order valence-electron chi connectivity index (χ0n) is 21.2. The second-order valence-corrected chi connectivity index (χ2v) is 11.5. The third-order valence-corrected chi connectivity index (χ3v) is 8.32. The number of carboxylic acids is 1. The summed E-state index contributed by atoms with van der Waals surface area (Å²) >= 11 is 6.60. The summed E-state index contributed by atoms with van der Waals surface area (Å²) in [5, 5.41) is 13.3. The molecule has 0 radical (unpaired) electrons. The Bertz CT molecular complexity index is 1350. The van der Waals surface area contributed by atoms with Gasteiger partial charge in [-0.1, -0.05) is 18.5 Å². The molecular weight excluding hydrogens is 493 g/mol. The maximum absolute atomic E-state index is 14.3. The third kappa shape index (κ3) is 4.61. The molecule has 1 unspecified atom stereocenters. The van der Waals surface area contributed by atoms with Crippen LogP contribution in [-0.4, -0.2) is 46.1 Å². The highest BCUT2D eigenvalue weighted by molar-refractivity contribution is 6.33. The Morgan fingerprint density at radius 1 is 1.30 bits per heavy atom. The molecule has 1 aromatic heterocycles. The van der Waals surface area contributed by atoms with E-state index in [0.29, 0.717) is 35.7 Å². The van der Waals surface area contributed by atoms with E-state index >= 15 is 0 Å². The molecule has 4 aliphatic rings. The van der Waals surface area contributed by atoms with Crippen molar-refractivity contribution in [3.8, 4) is 0 Å². The number of aromatic nitrogens is 2. The number of anilines is 3. The molecule has 0 spiro atoms. The monoisotopic (exact) mass is 523 g/mol. The number of fused-ring (bicyclic) bond motifs is 1. The van der Waals surface area contributed by atoms with Crippen LogP contribution >= 0.6 is 11.6 Å². The first-order valence-electron chi connectivity index (χ1n) is 12.9. The Kier molecular flexibility index (Phi) is 5.99. The number of allylic oxidation sites excluding steroid dienone is 3. The Morgan fingerprint density at radius 3 is 2.86 bits per heavy atom. The summed E-state index contributed by atoms with van der Waals surface area (Å²) in [6.45, 7) is 4.23. The standard InChI is InChI=1S/C28H31ClFN5O2/c1-28(12-25(36)37)15-35(24-6-5-18(30)10-22(24)28)26-23(29)13-31-27(33-26)32-19-9-17-14-34(2)8-7-20(17)21(11-19)16-3-4-16/h9-11,13,16H,3-8,12,14-15H2,1-2H3,(H,36,37)(H,31,32,33). The van der Waals surface area contributed by atoms with Gasteiger partial charge >= 0.3 is 5.97 Å². The second-order valence-electron chi connectivity index (χ2n) is 11.1. The van der Waals surface area contributed by atoms with Crippen LogP contribution in [0.1, 0.15) is 61.6 Å². The number of aliphatic carboxylic acids is 1. The molecule has 2 aliphatic carbocycles. The van der Waals surface area contributed by atoms with E-state index in [2.05, 4.69) is 34.4 Å². The first kappa shape index (κ1) is 24.4. The number of halogens is 2. The van der Waals surface area contributed by atoms with E-state index in [4.69, 9.17) is 16.6 Å². The van der Waals surface area contributed by atoms with Crippen molar-refractivity contribution in [3.05, 3.63) is 63.2 Å². The van der Waals surface area contributed by atoms with Gasteiger partial charge in [0.15, 0.2) is 5.82 Å². The summed E-state index contributed by atoms with van der Waals surface area (Å²) in [6, 6.07) is 4.44. The van der Waals surface area contributed by atoms with Crippen LogP contribution in [0.3, 0.4) is 0 Å². The van der Waals surface area contributed by atoms with E-state index in [1.54, 1.807) is 6.20 Å². The molecule has 2 N–H and O–H groups in total. The molecule has 6 rings (SSSR count). The summed E-state index contributed by atoms with van der Waals surface area (Å²) < 4.78 is 14.3. The highest BCUT2D eigenvalue weighted by Gasteiger charge is 2.44. The molecule has 1 aromatic carbocycles. The lowest BCUT2D eigenvalue weighted by atomic mass is 9.78. The van der Waals surface area contributed by atoms with Gasteiger partial charge in [-0.2, -0.15) is 4.98 Å². The van der Waals surface area contributed by atoms with Gasteiger partial charge in [0, 0.05) is 42.9 Å². The van der Waals surface area contributed by atoms with Crippen molar-refractivity contribution >= 4 is 35.0 Å². The molecule has 2 aliphatic heterocycles. The van der Waals surface area contributed by atoms with Crippen molar-refractivity contribution in [3.63, 3.8) is 0 Å². The quantitative estimate of drug-likeness (QED) is 0.484. The SMILES string of the molecule is CN1CCc2c(cc(Nc3ncc(Cl)c(N4CC(C)(CC(=O)O)C5=C4CCC(F)=C5)n3)cc2C2CC2)C1. The van der Waals surface area contributed by atoms with Crippen molar-refractivity contribution in [2.45, 2.75) is 57.9 Å². The fourth-order valence-corrected chi connectivity index (χ4v) is 6.34. The third-order valence-electron chi connectivity index (χ3n) is 8.05. The Balaban J connectivity index is 1.34. The zero-order valence-corrected chi connectivity index (χ0v) is 21.9. The molecule has 37 heavy (non-hydrogen) atoms. The minimum atomic E-state index is -0.920. The lowest BCUT2D eigenvalue weighted by molar-refractivity contribution is -0.138. The second kappa shape index (κ2) is 9.10. The van der Waals surface area contributed by atoms with E-state index in [9.17, 15) is 14.3 Å². The van der Waals surface area contributed by atoms with Crippen LogP contribution in [0.5, 0.6) is 0 Å². The smallest absolute Gasteiger partial charge is 0.304 e. The average molecular weight is 524 g/mol. The van der Waals surface area contributed by atoms with Crippen LogP contribution in [0.2, 0.25) is 5.02 Å². The number of rotatable bonds is 6. The van der Waals surface area contributed by atoms with E-state index < -0.39 is 11.4 Å². The number of carbonyl (C=O) groups is 1. The largest absolute Gasteiger partial charge is 0.481 e. The predicted octanol–water partition coefficient (Wildman–Crippen LogP) is 5.94. The van der Waals surface area contributed by atoms with Crippen LogP contribution < -0.4 is 10.2 Å². The molecule has 0 saturated heterocycles. The number of carboxylic acid groups (broad SMARTS) is 1. The number of hydrogen-bond acceptors (Lipinski definition) is 6. The van der Waals surface area contributed by atoms with Gasteiger partial charge in [0.05, 0.1) is 12.6 Å². The van der Waals surface area contributed by atoms with Crippen molar-refractivity contribution < 1.29 is 14.3 Å². The van der Waals surface area contributed by atoms with Gasteiger partial charge in [-0.3, -0.25) is 4.79 Å². The van der Waals surface area contributed by atoms with Crippen LogP contribution in [0, 0.1) is 5.41 Å². The summed E-state index contributed by atoms with van der Waals surface area (Å²) in [7, 11) is 2.15. The maximum atomic E-state index is 14.3. The lowest BCUT2D eigenvalue weighted by Crippen LogP contribution is -2.30. The van der Waals surface area contributed by atoms with Crippen molar-refractivity contribution in [2.24, 2.45) is 5.41 Å². The van der Waals surface area contributed by atoms with E-state index in [0.717, 1.165) is 36.5 Å². The van der Waals surface area contributed by atoms with Gasteiger partial charge in [0.25, 0.3) is 0 Å². The minimum absolute atomic E-state index is 0.104. The Morgan fingerprint density at radius 2 is 2.11 bits per heavy atom. The highest BCUT2D eigenvalue weighted by Crippen LogP contribution is 2.49. The molecule has 0 bridgehead atoms. The van der Waals surface area contributed by atoms with Gasteiger partial charge in [0.2, 0.25) is 5.95 Å². The van der Waals surface area contributed by atoms with Crippen LogP contribution in [0.4, 0.5) is 21.8 Å². The van der Waals surface area contributed by atoms with Crippen LogP contribution in [0.25, 0.3) is 0 Å². The highest BCUT2D eigenvalue weighted by atomic mass is 35.5. The number of hydrogen-bond donors (Lipinski definition) is 2. The van der Waals surface area contributed by atoms with Crippen molar-refractivity contribution in [2.75, 3.05) is 30.4 Å². The summed E-state index contributed by atoms with van der Waals surface area (Å²) in [4.78, 5) is 25.2. The van der Waals surface area contributed by atoms with E-state index in [1.165, 1.54) is 35.6 Å². The number of nitrogens with one attached hydrogen (secondary N) is 1. The molecule has 0 amide bonds. The molecule has 1 atom stereocenters. The van der Waals surface area contributed by atoms with Gasteiger partial charge < -0.3 is 20.2 Å². The molecule has 3 heterocycles. The average Bonchev–Trinajstić information content (AvgIpc) is 3.64. The first-order valence-corrected chi connectivity index (χ1v) is 13.3. The van der Waals surface area contributed by atoms with Crippen molar-refractivity contribution in [1.82, 2.24) is 14.9 Å². The molecule has 1 fully saturated rings. The van der Waals surface area contributed by atoms with Crippen LogP contribution in [0.15, 0.2) is 41.5 Å². The fourth-order valence-electron chi connectivity index (χ4n) is 6.15. The molecule has 194 valence electrons. The van der Waals surface area contributed by atoms with E-state index in [1.807, 2.05) is 11.8 Å². The van der Waals surface area contributed by atoms with Gasteiger partial charge in [-0.05, 0) is 79.1 Å². The van der Waals surface area contributed by atoms with Gasteiger partial charge in [0.1, 0.15) is 10.8 Å². The summed E-state index contributed by atoms with van der Waals surface area (Å²) in [5.41, 5.74) is 6.10. The van der Waals surface area contributed by atoms with Crippen molar-refractivity contribution in [1.29, 1.82) is 0 Å². The molecule has 2 aromatic rings. The Labute approximate surface area is 221 Å². The normalized spacial score (nSPS) is 23.6. The summed E-state index contributed by atoms with van der Waals surface area (Å²) in [6.07, 6.45) is 7.28. The Hall–Kier alpha value is -2.97. The molecule has 7 nitrogen and oxygen atoms in total. The van der Waals surface area contributed by atoms with Gasteiger partial charge in [-0.25, -0.2) is 9.37 Å². The first-order chi connectivity index (χ1) is 17.7. The predicted molar refractivity (Wildman–Crippen MR) is 142 cm³/mol. The summed E-state index contributed by atoms with van der Waals surface area (Å²) in [5.74, 6) is 0.435. The van der Waals surface area contributed by atoms with Crippen LogP contribution in [-0.2, 0) is 17.8 Å². The molecule has 1 saturated carbocycles. The fraction of sp³-hybridized carbons (Fsp3) is 0.464. The zero-order chi connectivity index (χ0) is 25.9. The minimum Gasteiger partial charge on any atom is -0.481 e. The van der Waals surface area contributed by atoms with Gasteiger partial charge in [-0.15, -0.1) is 0 Å². The number of benzene rings is 1. The molecular formula is C28H31ClFN5O2. The lowest BCUT2D eigenvalue weighted by Gasteiger charge is -2.28. The maximum Gasteiger partial charge on any atom is 0.304 e. The molecule has 9 heteroatoms. The topological polar surface area (TPSA) is 81.6 Å². The number of likely N-dealkylation sites (N-methyl/N-ethyl adjacent to an activating group) is 1. The number of nitrogens with zero attached hydrogens (tertiary/aromatic N) is 4.